The molecule has 2 nitrogen and oxygen atoms in total. The van der Waals surface area contributed by atoms with Crippen LogP contribution in [0.1, 0.15) is 55.6 Å². The number of aryl methyl sites for hydroxylation is 2. The van der Waals surface area contributed by atoms with Gasteiger partial charge >= 0.3 is 0 Å². The molecule has 16 rings (SSSR count). The lowest BCUT2D eigenvalue weighted by atomic mass is 9.67. The molecular formula is C80H56N2. The van der Waals surface area contributed by atoms with Crippen molar-refractivity contribution in [1.82, 2.24) is 0 Å². The molecule has 0 saturated carbocycles. The third kappa shape index (κ3) is 6.95. The third-order valence-electron chi connectivity index (χ3n) is 18.0. The number of benzene rings is 14. The van der Waals surface area contributed by atoms with Crippen LogP contribution in [-0.4, -0.2) is 0 Å². The van der Waals surface area contributed by atoms with E-state index in [1.807, 2.05) is 0 Å². The van der Waals surface area contributed by atoms with Crippen molar-refractivity contribution in [2.24, 2.45) is 0 Å². The lowest BCUT2D eigenvalue weighted by Gasteiger charge is -2.37. The normalized spacial score (nSPS) is 13.4. The van der Waals surface area contributed by atoms with Crippen LogP contribution in [0.15, 0.2) is 297 Å². The van der Waals surface area contributed by atoms with Gasteiger partial charge in [-0.1, -0.05) is 284 Å². The molecule has 0 bridgehead atoms. The fourth-order valence-electron chi connectivity index (χ4n) is 14.8. The number of rotatable bonds is 10. The van der Waals surface area contributed by atoms with E-state index in [-0.39, 0.29) is 0 Å². The first kappa shape index (κ1) is 47.7. The number of fused-ring (bicyclic) bond motifs is 6. The molecule has 0 spiro atoms. The molecule has 0 radical (unpaired) electrons. The maximum Gasteiger partial charge on any atom is 0.0714 e. The van der Waals surface area contributed by atoms with Crippen LogP contribution in [0.3, 0.4) is 0 Å². The Morgan fingerprint density at radius 3 is 1.15 bits per heavy atom. The number of hydrogen-bond donors (Lipinski definition) is 1. The average Bonchev–Trinajstić information content (AvgIpc) is 2.03. The molecule has 0 amide bonds. The van der Waals surface area contributed by atoms with Crippen LogP contribution in [0.5, 0.6) is 0 Å². The van der Waals surface area contributed by atoms with E-state index in [2.05, 4.69) is 322 Å². The largest absolute Gasteiger partial charge is 0.293 e. The molecule has 0 saturated heterocycles. The van der Waals surface area contributed by atoms with Gasteiger partial charge in [0.05, 0.1) is 27.9 Å². The van der Waals surface area contributed by atoms with Gasteiger partial charge in [0.25, 0.3) is 0 Å². The molecule has 14 aromatic carbocycles. The summed E-state index contributed by atoms with van der Waals surface area (Å²) in [6.45, 7) is 4.42. The molecular weight excluding hydrogens is 989 g/mol. The summed E-state index contributed by atoms with van der Waals surface area (Å²) in [5, 5.41) is 9.76. The number of nitrogens with one attached hydrogen (secondary N) is 1. The van der Waals surface area contributed by atoms with E-state index >= 15 is 0 Å². The highest BCUT2D eigenvalue weighted by atomic mass is 15.5. The third-order valence-corrected chi connectivity index (χ3v) is 18.0. The molecule has 0 aromatic heterocycles. The predicted molar refractivity (Wildman–Crippen MR) is 344 cm³/mol. The van der Waals surface area contributed by atoms with E-state index in [4.69, 9.17) is 0 Å². The van der Waals surface area contributed by atoms with E-state index in [0.717, 1.165) is 33.6 Å². The highest BCUT2D eigenvalue weighted by Crippen LogP contribution is 2.59. The molecule has 386 valence electrons. The molecule has 0 unspecified atom stereocenters. The van der Waals surface area contributed by atoms with Crippen LogP contribution in [0.4, 0.5) is 17.1 Å². The maximum atomic E-state index is 4.43. The van der Waals surface area contributed by atoms with Gasteiger partial charge in [-0.2, -0.15) is 0 Å². The number of nitrogens with zero attached hydrogens (tertiary/aromatic N) is 1. The summed E-state index contributed by atoms with van der Waals surface area (Å²) in [7, 11) is 0. The van der Waals surface area contributed by atoms with Crippen molar-refractivity contribution in [2.75, 3.05) is 10.4 Å². The minimum absolute atomic E-state index is 0.620. The van der Waals surface area contributed by atoms with Crippen molar-refractivity contribution in [2.45, 2.75) is 24.7 Å². The van der Waals surface area contributed by atoms with Gasteiger partial charge in [-0.3, -0.25) is 10.4 Å². The minimum Gasteiger partial charge on any atom is -0.293 e. The Morgan fingerprint density at radius 2 is 0.683 bits per heavy atom. The molecule has 2 heteroatoms. The Bertz CT molecular complexity index is 4530. The van der Waals surface area contributed by atoms with Crippen molar-refractivity contribution in [3.8, 4) is 44.5 Å². The smallest absolute Gasteiger partial charge is 0.0714 e. The van der Waals surface area contributed by atoms with E-state index in [1.165, 1.54) is 116 Å². The molecule has 0 atom stereocenters. The Hall–Kier alpha value is -10.3. The SMILES string of the molecule is Cc1cccc(-c2c(NN(c3cccc(C4(c5ccccc5)c5ccccc5-c5ccccc54)c3)c3cccc(C4(c5ccccc5)c5ccccc5-c5ccccc54)c3)c3ccc4cccc5ccc(c2-c2cccc(C)c2)c3c45)c1. The first-order valence-electron chi connectivity index (χ1n) is 28.7. The van der Waals surface area contributed by atoms with Gasteiger partial charge < -0.3 is 0 Å². The summed E-state index contributed by atoms with van der Waals surface area (Å²) >= 11 is 0. The van der Waals surface area contributed by atoms with Crippen LogP contribution in [0, 0.1) is 13.8 Å². The van der Waals surface area contributed by atoms with Gasteiger partial charge in [-0.05, 0) is 143 Å². The van der Waals surface area contributed by atoms with Crippen molar-refractivity contribution >= 4 is 49.4 Å². The zero-order chi connectivity index (χ0) is 54.5. The van der Waals surface area contributed by atoms with Crippen LogP contribution < -0.4 is 10.4 Å². The molecule has 0 heterocycles. The highest BCUT2D eigenvalue weighted by Gasteiger charge is 2.48. The molecule has 0 fully saturated rings. The zero-order valence-electron chi connectivity index (χ0n) is 45.7. The average molecular weight is 1050 g/mol. The fraction of sp³-hybridized carbons (Fsp3) is 0.0500. The Labute approximate surface area is 479 Å². The van der Waals surface area contributed by atoms with Crippen LogP contribution in [0.25, 0.3) is 76.8 Å². The maximum absolute atomic E-state index is 4.43. The molecule has 2 aliphatic rings. The number of hydrazine groups is 1. The Kier molecular flexibility index (Phi) is 10.9. The van der Waals surface area contributed by atoms with Crippen molar-refractivity contribution < 1.29 is 0 Å². The van der Waals surface area contributed by atoms with Crippen LogP contribution >= 0.6 is 0 Å². The first-order chi connectivity index (χ1) is 40.5. The second-order valence-electron chi connectivity index (χ2n) is 22.5. The lowest BCUT2D eigenvalue weighted by Crippen LogP contribution is -2.31. The summed E-state index contributed by atoms with van der Waals surface area (Å²) in [5.41, 5.74) is 28.3. The molecule has 82 heavy (non-hydrogen) atoms. The van der Waals surface area contributed by atoms with E-state index < -0.39 is 10.8 Å². The van der Waals surface area contributed by atoms with Crippen LogP contribution in [-0.2, 0) is 10.8 Å². The molecule has 14 aromatic rings. The second kappa shape index (κ2) is 18.7. The summed E-state index contributed by atoms with van der Waals surface area (Å²) < 4.78 is 0. The fourth-order valence-corrected chi connectivity index (χ4v) is 14.8. The predicted octanol–water partition coefficient (Wildman–Crippen LogP) is 20.4. The molecule has 2 aliphatic carbocycles. The molecule has 1 N–H and O–H groups in total. The summed E-state index contributed by atoms with van der Waals surface area (Å²) in [4.78, 5) is 0. The minimum atomic E-state index is -0.620. The second-order valence-corrected chi connectivity index (χ2v) is 22.5. The summed E-state index contributed by atoms with van der Waals surface area (Å²) in [5.74, 6) is 0. The van der Waals surface area contributed by atoms with Gasteiger partial charge in [0.1, 0.15) is 0 Å². The number of hydrogen-bond acceptors (Lipinski definition) is 2. The monoisotopic (exact) mass is 1040 g/mol. The number of anilines is 3. The van der Waals surface area contributed by atoms with Crippen molar-refractivity contribution in [1.29, 1.82) is 0 Å². The van der Waals surface area contributed by atoms with Gasteiger partial charge in [0.15, 0.2) is 0 Å². The van der Waals surface area contributed by atoms with Gasteiger partial charge in [0.2, 0.25) is 0 Å². The van der Waals surface area contributed by atoms with Gasteiger partial charge in [-0.25, -0.2) is 0 Å². The summed E-state index contributed by atoms with van der Waals surface area (Å²) in [6.07, 6.45) is 0. The van der Waals surface area contributed by atoms with Crippen LogP contribution in [0.2, 0.25) is 0 Å². The first-order valence-corrected chi connectivity index (χ1v) is 28.7. The molecule has 0 aliphatic heterocycles. The lowest BCUT2D eigenvalue weighted by molar-refractivity contribution is 0.766. The van der Waals surface area contributed by atoms with Gasteiger partial charge in [-0.15, -0.1) is 0 Å². The standard InChI is InChI=1S/C80H56N2/c1-52-22-17-26-56(48-52)75-68-46-44-54-24-19-25-55-45-47-69(77(68)74(54)55)78(76(75)57-27-18-23-53(2)49-57)81-82(62-34-20-32-60(50-62)79(58-28-5-3-6-29-58)70-40-13-9-36-64(70)65-37-10-14-41-71(65)79)63-35-21-33-61(51-63)80(59-30-7-4-8-31-59)72-42-15-11-38-66(72)67-39-12-16-43-73(67)80/h3-51,81H,1-2H3. The topological polar surface area (TPSA) is 15.3 Å². The van der Waals surface area contributed by atoms with Crippen molar-refractivity contribution in [3.63, 3.8) is 0 Å². The zero-order valence-corrected chi connectivity index (χ0v) is 45.7. The Morgan fingerprint density at radius 1 is 0.293 bits per heavy atom. The van der Waals surface area contributed by atoms with Gasteiger partial charge in [0, 0.05) is 16.3 Å². The van der Waals surface area contributed by atoms with E-state index in [1.54, 1.807) is 0 Å². The quantitative estimate of drug-likeness (QED) is 0.108. The Balaban J connectivity index is 1.02. The summed E-state index contributed by atoms with van der Waals surface area (Å²) in [6, 6.07) is 112. The van der Waals surface area contributed by atoms with Crippen molar-refractivity contribution in [3.05, 3.63) is 353 Å². The van der Waals surface area contributed by atoms with E-state index in [0.29, 0.717) is 0 Å². The highest BCUT2D eigenvalue weighted by molar-refractivity contribution is 6.31. The van der Waals surface area contributed by atoms with E-state index in [9.17, 15) is 0 Å².